The highest BCUT2D eigenvalue weighted by molar-refractivity contribution is 8.00. The summed E-state index contributed by atoms with van der Waals surface area (Å²) in [5.74, 6) is -0.145. The molecule has 0 N–H and O–H groups in total. The molecule has 8 heteroatoms. The van der Waals surface area contributed by atoms with Gasteiger partial charge in [0.1, 0.15) is 0 Å². The number of hydrogen-bond donors (Lipinski definition) is 0. The first-order valence-electron chi connectivity index (χ1n) is 8.20. The third-order valence-corrected chi connectivity index (χ3v) is 6.05. The number of urea groups is 1. The summed E-state index contributed by atoms with van der Waals surface area (Å²) in [4.78, 5) is 49.6. The van der Waals surface area contributed by atoms with Gasteiger partial charge in [0.25, 0.3) is 0 Å². The van der Waals surface area contributed by atoms with Crippen molar-refractivity contribution < 1.29 is 23.9 Å². The van der Waals surface area contributed by atoms with Crippen LogP contribution in [0.1, 0.15) is 46.0 Å². The van der Waals surface area contributed by atoms with Crippen molar-refractivity contribution in [3.05, 3.63) is 0 Å². The Morgan fingerprint density at radius 3 is 2.38 bits per heavy atom. The molecule has 3 atom stereocenters. The third kappa shape index (κ3) is 3.74. The van der Waals surface area contributed by atoms with Gasteiger partial charge in [-0.05, 0) is 12.8 Å². The van der Waals surface area contributed by atoms with Gasteiger partial charge in [0, 0.05) is 31.3 Å². The molecule has 0 aromatic carbocycles. The first kappa shape index (κ1) is 18.8. The second-order valence-electron chi connectivity index (χ2n) is 6.17. The van der Waals surface area contributed by atoms with Gasteiger partial charge < -0.3 is 4.74 Å². The van der Waals surface area contributed by atoms with Crippen LogP contribution in [-0.2, 0) is 19.1 Å². The van der Waals surface area contributed by atoms with Crippen molar-refractivity contribution in [3.63, 3.8) is 0 Å². The average Bonchev–Trinajstić information content (AvgIpc) is 3.03. The van der Waals surface area contributed by atoms with Gasteiger partial charge in [0.15, 0.2) is 0 Å². The molecule has 0 saturated carbocycles. The maximum atomic E-state index is 12.4. The number of amides is 4. The number of ether oxygens (including phenoxy) is 1. The molecule has 2 heterocycles. The lowest BCUT2D eigenvalue weighted by Crippen LogP contribution is -2.43. The molecular formula is C16H24N2O5S. The highest BCUT2D eigenvalue weighted by Crippen LogP contribution is 2.41. The van der Waals surface area contributed by atoms with Gasteiger partial charge in [-0.25, -0.2) is 4.79 Å². The van der Waals surface area contributed by atoms with Crippen LogP contribution in [0.4, 0.5) is 4.79 Å². The number of thioether (sulfide) groups is 1. The predicted octanol–water partition coefficient (Wildman–Crippen LogP) is 1.79. The van der Waals surface area contributed by atoms with Gasteiger partial charge in [0.05, 0.1) is 19.2 Å². The smallest absolute Gasteiger partial charge is 0.334 e. The molecule has 2 aliphatic heterocycles. The molecule has 2 aliphatic rings. The fourth-order valence-corrected chi connectivity index (χ4v) is 5.10. The minimum absolute atomic E-state index is 0.144. The Labute approximate surface area is 146 Å². The Hall–Kier alpha value is -1.57. The van der Waals surface area contributed by atoms with Crippen molar-refractivity contribution in [3.8, 4) is 0 Å². The van der Waals surface area contributed by atoms with E-state index in [1.807, 2.05) is 0 Å². The Morgan fingerprint density at radius 2 is 1.79 bits per heavy atom. The minimum Gasteiger partial charge on any atom is -0.469 e. The average molecular weight is 356 g/mol. The summed E-state index contributed by atoms with van der Waals surface area (Å²) in [5.41, 5.74) is 0. The zero-order valence-electron chi connectivity index (χ0n) is 14.3. The van der Waals surface area contributed by atoms with Crippen LogP contribution in [0, 0.1) is 0 Å². The Morgan fingerprint density at radius 1 is 1.12 bits per heavy atom. The molecule has 0 aliphatic carbocycles. The number of esters is 1. The standard InChI is InChI=1S/C16H24N2O5S/c1-10(19)17-12-9-24-13(7-5-4-6-8-14(21)23-3)15(12)18(11(2)20)16(17)22/h12-13,15H,4-9H2,1-3H3. The number of rotatable bonds is 6. The van der Waals surface area contributed by atoms with Crippen molar-refractivity contribution >= 4 is 35.6 Å². The Bertz CT molecular complexity index is 539. The van der Waals surface area contributed by atoms with Crippen LogP contribution in [0.5, 0.6) is 0 Å². The van der Waals surface area contributed by atoms with Crippen LogP contribution >= 0.6 is 11.8 Å². The molecule has 4 amide bonds. The molecule has 0 radical (unpaired) electrons. The monoisotopic (exact) mass is 356 g/mol. The molecule has 2 fully saturated rings. The molecule has 0 aromatic heterocycles. The number of methoxy groups -OCH3 is 1. The summed E-state index contributed by atoms with van der Waals surface area (Å²) in [5, 5.41) is 0.144. The van der Waals surface area contributed by atoms with Crippen LogP contribution in [0.2, 0.25) is 0 Å². The van der Waals surface area contributed by atoms with Crippen molar-refractivity contribution in [2.75, 3.05) is 12.9 Å². The second kappa shape index (κ2) is 8.00. The molecule has 0 bridgehead atoms. The van der Waals surface area contributed by atoms with Crippen LogP contribution < -0.4 is 0 Å². The summed E-state index contributed by atoms with van der Waals surface area (Å²) in [6.07, 6.45) is 3.85. The minimum atomic E-state index is -0.485. The maximum absolute atomic E-state index is 12.4. The van der Waals surface area contributed by atoms with Crippen LogP contribution in [0.25, 0.3) is 0 Å². The maximum Gasteiger partial charge on any atom is 0.334 e. The number of fused-ring (bicyclic) bond motifs is 1. The van der Waals surface area contributed by atoms with E-state index in [0.717, 1.165) is 25.7 Å². The van der Waals surface area contributed by atoms with E-state index in [1.54, 1.807) is 11.8 Å². The van der Waals surface area contributed by atoms with E-state index in [2.05, 4.69) is 4.74 Å². The number of nitrogens with zero attached hydrogens (tertiary/aromatic N) is 2. The topological polar surface area (TPSA) is 84.0 Å². The van der Waals surface area contributed by atoms with Gasteiger partial charge in [-0.1, -0.05) is 12.8 Å². The van der Waals surface area contributed by atoms with Gasteiger partial charge in [0.2, 0.25) is 11.8 Å². The number of unbranched alkanes of at least 4 members (excludes halogenated alkanes) is 2. The fourth-order valence-electron chi connectivity index (χ4n) is 3.48. The van der Waals surface area contributed by atoms with Gasteiger partial charge in [-0.15, -0.1) is 0 Å². The summed E-state index contributed by atoms with van der Waals surface area (Å²) in [7, 11) is 1.38. The number of carbonyl (C=O) groups is 4. The van der Waals surface area contributed by atoms with E-state index in [0.29, 0.717) is 12.2 Å². The first-order valence-corrected chi connectivity index (χ1v) is 9.25. The second-order valence-corrected chi connectivity index (χ2v) is 7.44. The fraction of sp³-hybridized carbons (Fsp3) is 0.750. The summed E-state index contributed by atoms with van der Waals surface area (Å²) in [6.45, 7) is 2.73. The van der Waals surface area contributed by atoms with Gasteiger partial charge >= 0.3 is 12.0 Å². The van der Waals surface area contributed by atoms with Crippen molar-refractivity contribution in [2.45, 2.75) is 63.3 Å². The lowest BCUT2D eigenvalue weighted by molar-refractivity contribution is -0.140. The van der Waals surface area contributed by atoms with Gasteiger partial charge in [-0.3, -0.25) is 24.2 Å². The lowest BCUT2D eigenvalue weighted by atomic mass is 10.0. The Kier molecular flexibility index (Phi) is 6.26. The van der Waals surface area contributed by atoms with E-state index in [9.17, 15) is 19.2 Å². The Balaban J connectivity index is 1.94. The third-order valence-electron chi connectivity index (χ3n) is 4.57. The number of carbonyl (C=O) groups excluding carboxylic acids is 4. The number of hydrogen-bond acceptors (Lipinski definition) is 6. The molecule has 7 nitrogen and oxygen atoms in total. The van der Waals surface area contributed by atoms with E-state index < -0.39 is 6.03 Å². The largest absolute Gasteiger partial charge is 0.469 e. The predicted molar refractivity (Wildman–Crippen MR) is 89.4 cm³/mol. The van der Waals surface area contributed by atoms with E-state index in [-0.39, 0.29) is 35.1 Å². The lowest BCUT2D eigenvalue weighted by Gasteiger charge is -2.24. The molecule has 134 valence electrons. The molecule has 0 spiro atoms. The van der Waals surface area contributed by atoms with Crippen LogP contribution in [0.3, 0.4) is 0 Å². The highest BCUT2D eigenvalue weighted by atomic mass is 32.2. The highest BCUT2D eigenvalue weighted by Gasteiger charge is 2.55. The summed E-state index contributed by atoms with van der Waals surface area (Å²) in [6, 6.07) is -0.936. The van der Waals surface area contributed by atoms with E-state index >= 15 is 0 Å². The van der Waals surface area contributed by atoms with E-state index in [4.69, 9.17) is 0 Å². The van der Waals surface area contributed by atoms with Crippen LogP contribution in [-0.4, -0.2) is 63.8 Å². The van der Waals surface area contributed by atoms with Crippen LogP contribution in [0.15, 0.2) is 0 Å². The van der Waals surface area contributed by atoms with Crippen molar-refractivity contribution in [1.82, 2.24) is 9.80 Å². The van der Waals surface area contributed by atoms with Gasteiger partial charge in [-0.2, -0.15) is 11.8 Å². The first-order chi connectivity index (χ1) is 11.4. The molecule has 0 aromatic rings. The zero-order valence-corrected chi connectivity index (χ0v) is 15.1. The zero-order chi connectivity index (χ0) is 17.9. The molecule has 2 saturated heterocycles. The van der Waals surface area contributed by atoms with Crippen molar-refractivity contribution in [2.24, 2.45) is 0 Å². The summed E-state index contributed by atoms with van der Waals surface area (Å²) < 4.78 is 4.61. The molecular weight excluding hydrogens is 332 g/mol. The number of imide groups is 2. The van der Waals surface area contributed by atoms with Crippen molar-refractivity contribution in [1.29, 1.82) is 0 Å². The molecule has 2 rings (SSSR count). The summed E-state index contributed by atoms with van der Waals surface area (Å²) >= 11 is 1.72. The SMILES string of the molecule is COC(=O)CCCCCC1SCC2C1N(C(C)=O)C(=O)N2C(C)=O. The molecule has 24 heavy (non-hydrogen) atoms. The molecule has 3 unspecified atom stereocenters. The van der Waals surface area contributed by atoms with E-state index in [1.165, 1.54) is 30.8 Å². The normalized spacial score (nSPS) is 25.8. The quantitative estimate of drug-likeness (QED) is 0.410.